The van der Waals surface area contributed by atoms with Crippen molar-refractivity contribution in [1.29, 1.82) is 0 Å². The standard InChI is InChI=1S/C11H21N3O2/c1-8(6-12-2)11(16)14(3)7-10(15)13-9-4-5-9/h8-9,12H,4-7H2,1-3H3,(H,13,15). The van der Waals surface area contributed by atoms with Crippen molar-refractivity contribution in [3.05, 3.63) is 0 Å². The first-order valence-corrected chi connectivity index (χ1v) is 5.73. The fourth-order valence-electron chi connectivity index (χ4n) is 1.56. The number of amides is 2. The monoisotopic (exact) mass is 227 g/mol. The highest BCUT2D eigenvalue weighted by Gasteiger charge is 2.25. The average molecular weight is 227 g/mol. The molecule has 16 heavy (non-hydrogen) atoms. The number of nitrogens with one attached hydrogen (secondary N) is 2. The lowest BCUT2D eigenvalue weighted by Crippen LogP contribution is -2.42. The minimum Gasteiger partial charge on any atom is -0.352 e. The van der Waals surface area contributed by atoms with Crippen LogP contribution in [0.5, 0.6) is 0 Å². The summed E-state index contributed by atoms with van der Waals surface area (Å²) in [5, 5.41) is 5.81. The average Bonchev–Trinajstić information content (AvgIpc) is 3.00. The maximum atomic E-state index is 11.8. The lowest BCUT2D eigenvalue weighted by Gasteiger charge is -2.20. The maximum absolute atomic E-state index is 11.8. The van der Waals surface area contributed by atoms with Crippen molar-refractivity contribution in [3.63, 3.8) is 0 Å². The number of rotatable bonds is 6. The molecule has 0 heterocycles. The third-order valence-electron chi connectivity index (χ3n) is 2.63. The van der Waals surface area contributed by atoms with Gasteiger partial charge < -0.3 is 15.5 Å². The second-order valence-electron chi connectivity index (χ2n) is 4.49. The highest BCUT2D eigenvalue weighted by molar-refractivity contribution is 5.85. The largest absolute Gasteiger partial charge is 0.352 e. The van der Waals surface area contributed by atoms with Gasteiger partial charge in [0.1, 0.15) is 0 Å². The highest BCUT2D eigenvalue weighted by atomic mass is 16.2. The van der Waals surface area contributed by atoms with Crippen LogP contribution in [0.3, 0.4) is 0 Å². The van der Waals surface area contributed by atoms with Gasteiger partial charge in [-0.25, -0.2) is 0 Å². The molecule has 0 bridgehead atoms. The van der Waals surface area contributed by atoms with E-state index in [0.717, 1.165) is 12.8 Å². The van der Waals surface area contributed by atoms with E-state index in [2.05, 4.69) is 10.6 Å². The summed E-state index contributed by atoms with van der Waals surface area (Å²) in [6.45, 7) is 2.64. The number of nitrogens with zero attached hydrogens (tertiary/aromatic N) is 1. The number of hydrogen-bond acceptors (Lipinski definition) is 3. The van der Waals surface area contributed by atoms with Gasteiger partial charge in [-0.15, -0.1) is 0 Å². The second kappa shape index (κ2) is 5.84. The summed E-state index contributed by atoms with van der Waals surface area (Å²) in [6.07, 6.45) is 2.14. The van der Waals surface area contributed by atoms with E-state index in [0.29, 0.717) is 12.6 Å². The fraction of sp³-hybridized carbons (Fsp3) is 0.818. The first-order valence-electron chi connectivity index (χ1n) is 5.73. The Kier molecular flexibility index (Phi) is 4.73. The van der Waals surface area contributed by atoms with Gasteiger partial charge in [-0.2, -0.15) is 0 Å². The van der Waals surface area contributed by atoms with E-state index in [1.54, 1.807) is 7.05 Å². The van der Waals surface area contributed by atoms with Crippen LogP contribution in [-0.4, -0.2) is 49.9 Å². The summed E-state index contributed by atoms with van der Waals surface area (Å²) < 4.78 is 0. The molecule has 0 spiro atoms. The van der Waals surface area contributed by atoms with Gasteiger partial charge in [-0.05, 0) is 19.9 Å². The van der Waals surface area contributed by atoms with Crippen molar-refractivity contribution in [3.8, 4) is 0 Å². The van der Waals surface area contributed by atoms with Crippen LogP contribution in [0.2, 0.25) is 0 Å². The van der Waals surface area contributed by atoms with Crippen LogP contribution in [0.4, 0.5) is 0 Å². The molecule has 2 amide bonds. The van der Waals surface area contributed by atoms with Crippen molar-refractivity contribution in [2.75, 3.05) is 27.2 Å². The van der Waals surface area contributed by atoms with Gasteiger partial charge in [0.15, 0.2) is 0 Å². The maximum Gasteiger partial charge on any atom is 0.239 e. The molecule has 5 heteroatoms. The van der Waals surface area contributed by atoms with Crippen molar-refractivity contribution in [2.45, 2.75) is 25.8 Å². The van der Waals surface area contributed by atoms with Crippen molar-refractivity contribution < 1.29 is 9.59 Å². The first-order chi connectivity index (χ1) is 7.54. The Labute approximate surface area is 96.6 Å². The minimum atomic E-state index is -0.0938. The van der Waals surface area contributed by atoms with Crippen LogP contribution in [0.1, 0.15) is 19.8 Å². The molecule has 0 aliphatic heterocycles. The molecule has 1 saturated carbocycles. The van der Waals surface area contributed by atoms with Gasteiger partial charge in [0, 0.05) is 25.6 Å². The fourth-order valence-corrected chi connectivity index (χ4v) is 1.56. The van der Waals surface area contributed by atoms with E-state index in [4.69, 9.17) is 0 Å². The van der Waals surface area contributed by atoms with Crippen molar-refractivity contribution >= 4 is 11.8 Å². The van der Waals surface area contributed by atoms with Crippen molar-refractivity contribution in [2.24, 2.45) is 5.92 Å². The third-order valence-corrected chi connectivity index (χ3v) is 2.63. The molecule has 1 aliphatic rings. The van der Waals surface area contributed by atoms with Gasteiger partial charge in [-0.3, -0.25) is 9.59 Å². The molecule has 0 aromatic carbocycles. The third kappa shape index (κ3) is 4.18. The van der Waals surface area contributed by atoms with Gasteiger partial charge in [0.2, 0.25) is 11.8 Å². The summed E-state index contributed by atoms with van der Waals surface area (Å²) in [5.74, 6) is -0.154. The molecule has 0 aromatic heterocycles. The molecular weight excluding hydrogens is 206 g/mol. The van der Waals surface area contributed by atoms with E-state index < -0.39 is 0 Å². The molecule has 0 saturated heterocycles. The van der Waals surface area contributed by atoms with E-state index >= 15 is 0 Å². The number of carbonyl (C=O) groups is 2. The highest BCUT2D eigenvalue weighted by Crippen LogP contribution is 2.18. The normalized spacial score (nSPS) is 16.7. The van der Waals surface area contributed by atoms with Crippen LogP contribution in [0, 0.1) is 5.92 Å². The molecule has 1 fully saturated rings. The van der Waals surface area contributed by atoms with Crippen LogP contribution in [0.25, 0.3) is 0 Å². The van der Waals surface area contributed by atoms with E-state index in [-0.39, 0.29) is 24.3 Å². The molecule has 5 nitrogen and oxygen atoms in total. The Bertz CT molecular complexity index is 264. The van der Waals surface area contributed by atoms with Gasteiger partial charge >= 0.3 is 0 Å². The molecule has 1 rings (SSSR count). The Morgan fingerprint density at radius 3 is 2.56 bits per heavy atom. The number of hydrogen-bond donors (Lipinski definition) is 2. The minimum absolute atomic E-state index is 0.000275. The Morgan fingerprint density at radius 1 is 1.44 bits per heavy atom. The molecule has 1 aliphatic carbocycles. The van der Waals surface area contributed by atoms with Crippen LogP contribution in [-0.2, 0) is 9.59 Å². The summed E-state index contributed by atoms with van der Waals surface area (Å²) >= 11 is 0. The summed E-state index contributed by atoms with van der Waals surface area (Å²) in [4.78, 5) is 24.7. The quantitative estimate of drug-likeness (QED) is 0.648. The zero-order chi connectivity index (χ0) is 12.1. The Morgan fingerprint density at radius 2 is 2.06 bits per heavy atom. The predicted molar refractivity (Wildman–Crippen MR) is 61.9 cm³/mol. The SMILES string of the molecule is CNCC(C)C(=O)N(C)CC(=O)NC1CC1. The lowest BCUT2D eigenvalue weighted by atomic mass is 10.1. The first kappa shape index (κ1) is 13.0. The zero-order valence-electron chi connectivity index (χ0n) is 10.2. The summed E-state index contributed by atoms with van der Waals surface area (Å²) in [7, 11) is 3.48. The van der Waals surface area contributed by atoms with Crippen LogP contribution < -0.4 is 10.6 Å². The smallest absolute Gasteiger partial charge is 0.239 e. The predicted octanol–water partition coefficient (Wildman–Crippen LogP) is -0.421. The summed E-state index contributed by atoms with van der Waals surface area (Å²) in [6, 6.07) is 0.353. The van der Waals surface area contributed by atoms with Crippen LogP contribution >= 0.6 is 0 Å². The second-order valence-corrected chi connectivity index (χ2v) is 4.49. The molecule has 0 aromatic rings. The molecular formula is C11H21N3O2. The van der Waals surface area contributed by atoms with Crippen LogP contribution in [0.15, 0.2) is 0 Å². The topological polar surface area (TPSA) is 61.4 Å². The lowest BCUT2D eigenvalue weighted by molar-refractivity contribution is -0.137. The number of likely N-dealkylation sites (N-methyl/N-ethyl adjacent to an activating group) is 1. The Balaban J connectivity index is 2.28. The van der Waals surface area contributed by atoms with Gasteiger partial charge in [-0.1, -0.05) is 6.92 Å². The zero-order valence-corrected chi connectivity index (χ0v) is 10.2. The van der Waals surface area contributed by atoms with Crippen molar-refractivity contribution in [1.82, 2.24) is 15.5 Å². The van der Waals surface area contributed by atoms with Gasteiger partial charge in [0.25, 0.3) is 0 Å². The summed E-state index contributed by atoms with van der Waals surface area (Å²) in [5.41, 5.74) is 0. The molecule has 2 N–H and O–H groups in total. The molecule has 1 atom stereocenters. The Hall–Kier alpha value is -1.10. The van der Waals surface area contributed by atoms with E-state index in [1.165, 1.54) is 4.90 Å². The molecule has 0 radical (unpaired) electrons. The van der Waals surface area contributed by atoms with Gasteiger partial charge in [0.05, 0.1) is 6.54 Å². The number of carbonyl (C=O) groups excluding carboxylic acids is 2. The van der Waals surface area contributed by atoms with E-state index in [9.17, 15) is 9.59 Å². The molecule has 1 unspecified atom stereocenters. The van der Waals surface area contributed by atoms with E-state index in [1.807, 2.05) is 14.0 Å². The molecule has 92 valence electrons.